The van der Waals surface area contributed by atoms with Gasteiger partial charge >= 0.3 is 0 Å². The predicted molar refractivity (Wildman–Crippen MR) is 121 cm³/mol. The van der Waals surface area contributed by atoms with Crippen molar-refractivity contribution in [3.05, 3.63) is 63.6 Å². The van der Waals surface area contributed by atoms with Crippen molar-refractivity contribution in [3.63, 3.8) is 0 Å². The average molecular weight is 435 g/mol. The summed E-state index contributed by atoms with van der Waals surface area (Å²) in [6.07, 6.45) is 0. The van der Waals surface area contributed by atoms with Crippen LogP contribution in [-0.2, 0) is 0 Å². The summed E-state index contributed by atoms with van der Waals surface area (Å²) in [6.45, 7) is 4.48. The van der Waals surface area contributed by atoms with E-state index in [1.165, 1.54) is 5.56 Å². The van der Waals surface area contributed by atoms with Gasteiger partial charge in [-0.3, -0.25) is 9.69 Å². The van der Waals surface area contributed by atoms with Gasteiger partial charge in [-0.25, -0.2) is 0 Å². The molecule has 2 aromatic carbocycles. The molecule has 0 spiro atoms. The number of benzene rings is 2. The molecule has 1 aliphatic heterocycles. The van der Waals surface area contributed by atoms with E-state index in [1.54, 1.807) is 18.2 Å². The predicted octanol–water partition coefficient (Wildman–Crippen LogP) is 3.78. The van der Waals surface area contributed by atoms with E-state index in [2.05, 4.69) is 51.3 Å². The molecular weight excluding hydrogens is 407 g/mol. The molecule has 7 heteroatoms. The minimum Gasteiger partial charge on any atom is -0.378 e. The zero-order valence-electron chi connectivity index (χ0n) is 17.2. The molecule has 1 aliphatic rings. The zero-order valence-corrected chi connectivity index (χ0v) is 18.7. The molecule has 0 aromatic heterocycles. The van der Waals surface area contributed by atoms with Gasteiger partial charge in [0.15, 0.2) is 0 Å². The molecule has 1 heterocycles. The number of likely N-dealkylation sites (N-methyl/N-ethyl adjacent to an activating group) is 1. The molecule has 3 rings (SSSR count). The second-order valence-corrected chi connectivity index (χ2v) is 8.52. The molecule has 5 nitrogen and oxygen atoms in total. The first-order valence-corrected chi connectivity index (χ1v) is 10.5. The third-order valence-electron chi connectivity index (χ3n) is 5.40. The average Bonchev–Trinajstić information content (AvgIpc) is 2.69. The molecular formula is C22H28Cl2N4O. The minimum absolute atomic E-state index is 0.106. The van der Waals surface area contributed by atoms with E-state index >= 15 is 0 Å². The molecule has 2 aromatic rings. The summed E-state index contributed by atoms with van der Waals surface area (Å²) in [4.78, 5) is 19.6. The number of anilines is 1. The molecule has 29 heavy (non-hydrogen) atoms. The number of nitrogens with zero attached hydrogens (tertiary/aromatic N) is 3. The van der Waals surface area contributed by atoms with Crippen LogP contribution < -0.4 is 10.2 Å². The van der Waals surface area contributed by atoms with Crippen LogP contribution in [0.15, 0.2) is 42.5 Å². The van der Waals surface area contributed by atoms with Crippen molar-refractivity contribution < 1.29 is 4.79 Å². The Morgan fingerprint density at radius 1 is 1.07 bits per heavy atom. The fourth-order valence-electron chi connectivity index (χ4n) is 3.54. The first-order chi connectivity index (χ1) is 13.8. The van der Waals surface area contributed by atoms with Crippen LogP contribution in [0.2, 0.25) is 10.0 Å². The van der Waals surface area contributed by atoms with Crippen LogP contribution in [0.3, 0.4) is 0 Å². The molecule has 1 amide bonds. The van der Waals surface area contributed by atoms with Crippen LogP contribution in [0.5, 0.6) is 0 Å². The quantitative estimate of drug-likeness (QED) is 0.750. The molecule has 0 aliphatic carbocycles. The van der Waals surface area contributed by atoms with Gasteiger partial charge in [0, 0.05) is 57.5 Å². The lowest BCUT2D eigenvalue weighted by Crippen LogP contribution is -2.48. The van der Waals surface area contributed by atoms with Crippen molar-refractivity contribution in [1.82, 2.24) is 15.1 Å². The van der Waals surface area contributed by atoms with E-state index < -0.39 is 0 Å². The van der Waals surface area contributed by atoms with Gasteiger partial charge in [0.2, 0.25) is 0 Å². The second-order valence-electron chi connectivity index (χ2n) is 7.68. The second kappa shape index (κ2) is 9.81. The molecule has 1 saturated heterocycles. The largest absolute Gasteiger partial charge is 0.378 e. The number of piperazine rings is 1. The van der Waals surface area contributed by atoms with Crippen LogP contribution in [0.25, 0.3) is 0 Å². The Labute approximate surface area is 183 Å². The number of hydrogen-bond acceptors (Lipinski definition) is 4. The number of amides is 1. The number of rotatable bonds is 6. The van der Waals surface area contributed by atoms with Gasteiger partial charge in [-0.05, 0) is 42.9 Å². The van der Waals surface area contributed by atoms with Gasteiger partial charge in [0.05, 0.1) is 16.6 Å². The lowest BCUT2D eigenvalue weighted by molar-refractivity contribution is 0.0886. The molecule has 1 fully saturated rings. The Kier molecular flexibility index (Phi) is 7.41. The molecule has 0 bridgehead atoms. The maximum Gasteiger partial charge on any atom is 0.252 e. The van der Waals surface area contributed by atoms with Crippen molar-refractivity contribution in [1.29, 1.82) is 0 Å². The number of halogens is 2. The SMILES string of the molecule is CN1CCN(C(CNC(=O)c2ccc(Cl)cc2Cl)c2ccc(N(C)C)cc2)CC1. The molecule has 0 radical (unpaired) electrons. The smallest absolute Gasteiger partial charge is 0.252 e. The third-order valence-corrected chi connectivity index (χ3v) is 5.95. The highest BCUT2D eigenvalue weighted by Gasteiger charge is 2.25. The Balaban J connectivity index is 1.76. The first-order valence-electron chi connectivity index (χ1n) is 9.78. The van der Waals surface area contributed by atoms with Crippen molar-refractivity contribution >= 4 is 34.8 Å². The third kappa shape index (κ3) is 5.64. The number of carbonyl (C=O) groups is 1. The van der Waals surface area contributed by atoms with E-state index in [0.717, 1.165) is 31.9 Å². The highest BCUT2D eigenvalue weighted by Crippen LogP contribution is 2.25. The van der Waals surface area contributed by atoms with E-state index in [1.807, 2.05) is 14.1 Å². The van der Waals surface area contributed by atoms with E-state index in [9.17, 15) is 4.79 Å². The Hall–Kier alpha value is -1.79. The highest BCUT2D eigenvalue weighted by molar-refractivity contribution is 6.36. The molecule has 1 unspecified atom stereocenters. The van der Waals surface area contributed by atoms with E-state index in [-0.39, 0.29) is 11.9 Å². The summed E-state index contributed by atoms with van der Waals surface area (Å²) in [5.41, 5.74) is 2.79. The van der Waals surface area contributed by atoms with Gasteiger partial charge in [0.1, 0.15) is 0 Å². The van der Waals surface area contributed by atoms with Crippen LogP contribution in [0, 0.1) is 0 Å². The summed E-state index contributed by atoms with van der Waals surface area (Å²) < 4.78 is 0. The van der Waals surface area contributed by atoms with Crippen molar-refractivity contribution in [3.8, 4) is 0 Å². The molecule has 1 atom stereocenters. The summed E-state index contributed by atoms with van der Waals surface area (Å²) in [5.74, 6) is -0.185. The lowest BCUT2D eigenvalue weighted by Gasteiger charge is -2.38. The Morgan fingerprint density at radius 3 is 2.31 bits per heavy atom. The highest BCUT2D eigenvalue weighted by atomic mass is 35.5. The normalized spacial score (nSPS) is 16.4. The summed E-state index contributed by atoms with van der Waals surface area (Å²) >= 11 is 12.1. The standard InChI is InChI=1S/C22H28Cl2N4O/c1-26(2)18-7-4-16(5-8-18)21(28-12-10-27(3)11-13-28)15-25-22(29)19-9-6-17(23)14-20(19)24/h4-9,14,21H,10-13,15H2,1-3H3,(H,25,29). The van der Waals surface area contributed by atoms with Crippen LogP contribution in [0.4, 0.5) is 5.69 Å². The summed E-state index contributed by atoms with van der Waals surface area (Å²) in [5, 5.41) is 3.95. The van der Waals surface area contributed by atoms with E-state index in [0.29, 0.717) is 22.2 Å². The van der Waals surface area contributed by atoms with Gasteiger partial charge in [-0.1, -0.05) is 35.3 Å². The molecule has 0 saturated carbocycles. The zero-order chi connectivity index (χ0) is 21.0. The Morgan fingerprint density at radius 2 is 1.72 bits per heavy atom. The van der Waals surface area contributed by atoms with Gasteiger partial charge in [-0.15, -0.1) is 0 Å². The summed E-state index contributed by atoms with van der Waals surface area (Å²) in [6, 6.07) is 13.6. The van der Waals surface area contributed by atoms with Crippen LogP contribution >= 0.6 is 23.2 Å². The Bertz CT molecular complexity index is 833. The van der Waals surface area contributed by atoms with Gasteiger partial charge < -0.3 is 15.1 Å². The van der Waals surface area contributed by atoms with Crippen molar-refractivity contribution in [2.75, 3.05) is 58.8 Å². The topological polar surface area (TPSA) is 38.8 Å². The monoisotopic (exact) mass is 434 g/mol. The summed E-state index contributed by atoms with van der Waals surface area (Å²) in [7, 11) is 6.20. The number of nitrogens with one attached hydrogen (secondary N) is 1. The van der Waals surface area contributed by atoms with Crippen LogP contribution in [-0.4, -0.2) is 69.6 Å². The van der Waals surface area contributed by atoms with Crippen molar-refractivity contribution in [2.24, 2.45) is 0 Å². The van der Waals surface area contributed by atoms with E-state index in [4.69, 9.17) is 23.2 Å². The lowest BCUT2D eigenvalue weighted by atomic mass is 10.0. The van der Waals surface area contributed by atoms with Crippen molar-refractivity contribution in [2.45, 2.75) is 6.04 Å². The maximum atomic E-state index is 12.7. The molecule has 156 valence electrons. The molecule has 1 N–H and O–H groups in total. The number of carbonyl (C=O) groups excluding carboxylic acids is 1. The minimum atomic E-state index is -0.185. The first kappa shape index (κ1) is 21.9. The fraction of sp³-hybridized carbons (Fsp3) is 0.409. The van der Waals surface area contributed by atoms with Crippen LogP contribution in [0.1, 0.15) is 22.0 Å². The van der Waals surface area contributed by atoms with Gasteiger partial charge in [-0.2, -0.15) is 0 Å². The maximum absolute atomic E-state index is 12.7. The fourth-order valence-corrected chi connectivity index (χ4v) is 4.04. The number of hydrogen-bond donors (Lipinski definition) is 1. The van der Waals surface area contributed by atoms with Gasteiger partial charge in [0.25, 0.3) is 5.91 Å².